The Morgan fingerprint density at radius 2 is 1.95 bits per heavy atom. The van der Waals surface area contributed by atoms with Crippen molar-refractivity contribution in [2.45, 2.75) is 6.92 Å². The third-order valence-corrected chi connectivity index (χ3v) is 3.03. The molecule has 0 aliphatic carbocycles. The molecule has 0 saturated carbocycles. The first-order valence-electron chi connectivity index (χ1n) is 6.38. The van der Waals surface area contributed by atoms with Crippen LogP contribution in [0, 0.1) is 6.92 Å². The Labute approximate surface area is 120 Å². The van der Waals surface area contributed by atoms with E-state index in [1.165, 1.54) is 6.07 Å². The summed E-state index contributed by atoms with van der Waals surface area (Å²) in [7, 11) is 0. The number of fused-ring (bicyclic) bond motifs is 1. The van der Waals surface area contributed by atoms with Crippen LogP contribution in [0.1, 0.15) is 16.1 Å². The molecular formula is C16H12N2O3. The van der Waals surface area contributed by atoms with Crippen LogP contribution >= 0.6 is 0 Å². The number of hydrogen-bond acceptors (Lipinski definition) is 4. The van der Waals surface area contributed by atoms with Gasteiger partial charge in [-0.3, -0.25) is 4.98 Å². The smallest absolute Gasteiger partial charge is 0.341 e. The Morgan fingerprint density at radius 1 is 1.14 bits per heavy atom. The van der Waals surface area contributed by atoms with Crippen molar-refractivity contribution in [2.24, 2.45) is 0 Å². The number of carboxylic acids is 1. The summed E-state index contributed by atoms with van der Waals surface area (Å²) in [5.74, 6) is -0.528. The molecule has 104 valence electrons. The van der Waals surface area contributed by atoms with Crippen LogP contribution in [0.3, 0.4) is 0 Å². The van der Waals surface area contributed by atoms with E-state index in [0.29, 0.717) is 17.0 Å². The number of aromatic carboxylic acids is 1. The minimum Gasteiger partial charge on any atom is -0.477 e. The molecule has 1 N–H and O–H groups in total. The average molecular weight is 280 g/mol. The fraction of sp³-hybridized carbons (Fsp3) is 0.0625. The minimum atomic E-state index is -1.08. The second-order valence-electron chi connectivity index (χ2n) is 4.54. The van der Waals surface area contributed by atoms with E-state index >= 15 is 0 Å². The van der Waals surface area contributed by atoms with Crippen LogP contribution in [-0.4, -0.2) is 21.0 Å². The minimum absolute atomic E-state index is 0.0218. The summed E-state index contributed by atoms with van der Waals surface area (Å²) in [5, 5.41) is 10.1. The highest BCUT2D eigenvalue weighted by molar-refractivity contribution is 5.91. The van der Waals surface area contributed by atoms with Gasteiger partial charge in [0, 0.05) is 17.3 Å². The number of pyridine rings is 2. The zero-order valence-corrected chi connectivity index (χ0v) is 11.3. The van der Waals surface area contributed by atoms with E-state index in [2.05, 4.69) is 9.97 Å². The van der Waals surface area contributed by atoms with E-state index in [1.54, 1.807) is 25.3 Å². The lowest BCUT2D eigenvalue weighted by molar-refractivity contribution is 0.0693. The van der Waals surface area contributed by atoms with Crippen molar-refractivity contribution in [1.82, 2.24) is 9.97 Å². The average Bonchev–Trinajstić information content (AvgIpc) is 2.47. The highest BCUT2D eigenvalue weighted by atomic mass is 16.5. The molecule has 5 heteroatoms. The Hall–Kier alpha value is -2.95. The number of carbonyl (C=O) groups is 1. The lowest BCUT2D eigenvalue weighted by Gasteiger charge is -2.10. The molecule has 0 radical (unpaired) electrons. The van der Waals surface area contributed by atoms with Gasteiger partial charge in [-0.05, 0) is 31.2 Å². The van der Waals surface area contributed by atoms with E-state index in [1.807, 2.05) is 24.3 Å². The number of para-hydroxylation sites is 1. The van der Waals surface area contributed by atoms with Gasteiger partial charge in [-0.25, -0.2) is 9.78 Å². The van der Waals surface area contributed by atoms with Gasteiger partial charge in [0.25, 0.3) is 0 Å². The second-order valence-corrected chi connectivity index (χ2v) is 4.54. The zero-order valence-electron chi connectivity index (χ0n) is 11.3. The Kier molecular flexibility index (Phi) is 3.23. The molecular weight excluding hydrogens is 268 g/mol. The van der Waals surface area contributed by atoms with Crippen molar-refractivity contribution in [3.63, 3.8) is 0 Å². The molecule has 0 spiro atoms. The maximum Gasteiger partial charge on any atom is 0.341 e. The summed E-state index contributed by atoms with van der Waals surface area (Å²) < 4.78 is 5.71. The van der Waals surface area contributed by atoms with E-state index < -0.39 is 5.97 Å². The topological polar surface area (TPSA) is 72.3 Å². The predicted octanol–water partition coefficient (Wildman–Crippen LogP) is 3.43. The number of carboxylic acid groups (broad SMARTS) is 1. The molecule has 2 heterocycles. The fourth-order valence-electron chi connectivity index (χ4n) is 2.04. The fourth-order valence-corrected chi connectivity index (χ4v) is 2.04. The molecule has 3 aromatic rings. The quantitative estimate of drug-likeness (QED) is 0.795. The molecule has 0 aliphatic heterocycles. The number of aromatic nitrogens is 2. The van der Waals surface area contributed by atoms with Crippen molar-refractivity contribution < 1.29 is 14.6 Å². The third kappa shape index (κ3) is 2.53. The molecule has 0 unspecified atom stereocenters. The maximum absolute atomic E-state index is 11.3. The van der Waals surface area contributed by atoms with E-state index in [9.17, 15) is 9.90 Å². The highest BCUT2D eigenvalue weighted by Gasteiger charge is 2.15. The van der Waals surface area contributed by atoms with E-state index in [-0.39, 0.29) is 11.4 Å². The summed E-state index contributed by atoms with van der Waals surface area (Å²) in [6.45, 7) is 1.78. The first-order valence-corrected chi connectivity index (χ1v) is 6.38. The number of nitrogens with zero attached hydrogens (tertiary/aromatic N) is 2. The Balaban J connectivity index is 2.11. The molecule has 0 atom stereocenters. The van der Waals surface area contributed by atoms with Gasteiger partial charge in [0.1, 0.15) is 11.1 Å². The van der Waals surface area contributed by atoms with Gasteiger partial charge in [0.2, 0.25) is 5.88 Å². The van der Waals surface area contributed by atoms with Gasteiger partial charge in [0.05, 0.1) is 0 Å². The molecule has 5 nitrogen and oxygen atoms in total. The van der Waals surface area contributed by atoms with Crippen molar-refractivity contribution in [3.8, 4) is 11.6 Å². The number of hydrogen-bond donors (Lipinski definition) is 1. The van der Waals surface area contributed by atoms with Gasteiger partial charge in [-0.15, -0.1) is 0 Å². The Morgan fingerprint density at radius 3 is 2.76 bits per heavy atom. The van der Waals surface area contributed by atoms with Gasteiger partial charge in [-0.2, -0.15) is 0 Å². The Bertz CT molecular complexity index is 825. The van der Waals surface area contributed by atoms with Crippen LogP contribution in [0.15, 0.2) is 48.7 Å². The van der Waals surface area contributed by atoms with E-state index in [0.717, 1.165) is 5.39 Å². The number of rotatable bonds is 3. The molecule has 2 aromatic heterocycles. The monoisotopic (exact) mass is 280 g/mol. The van der Waals surface area contributed by atoms with Crippen LogP contribution in [0.25, 0.3) is 10.9 Å². The summed E-state index contributed by atoms with van der Waals surface area (Å²) in [6.07, 6.45) is 1.66. The normalized spacial score (nSPS) is 10.5. The third-order valence-electron chi connectivity index (χ3n) is 3.03. The summed E-state index contributed by atoms with van der Waals surface area (Å²) in [6, 6.07) is 12.4. The first-order chi connectivity index (χ1) is 10.1. The van der Waals surface area contributed by atoms with Gasteiger partial charge in [0.15, 0.2) is 5.75 Å². The summed E-state index contributed by atoms with van der Waals surface area (Å²) in [5.41, 5.74) is 1.37. The van der Waals surface area contributed by atoms with Gasteiger partial charge in [-0.1, -0.05) is 18.2 Å². The summed E-state index contributed by atoms with van der Waals surface area (Å²) >= 11 is 0. The first kappa shape index (κ1) is 13.1. The van der Waals surface area contributed by atoms with Crippen LogP contribution in [0.2, 0.25) is 0 Å². The molecule has 21 heavy (non-hydrogen) atoms. The lowest BCUT2D eigenvalue weighted by atomic mass is 10.2. The van der Waals surface area contributed by atoms with E-state index in [4.69, 9.17) is 4.74 Å². The van der Waals surface area contributed by atoms with Crippen molar-refractivity contribution in [3.05, 3.63) is 59.9 Å². The standard InChI is InChI=1S/C16H12N2O3/c1-10-7-8-12(16(19)20)15(18-10)21-13-6-2-4-11-5-3-9-17-14(11)13/h2-9H,1H3,(H,19,20). The molecule has 0 fully saturated rings. The van der Waals surface area contributed by atoms with Crippen LogP contribution in [0.5, 0.6) is 11.6 Å². The van der Waals surface area contributed by atoms with Gasteiger partial charge < -0.3 is 9.84 Å². The zero-order chi connectivity index (χ0) is 14.8. The van der Waals surface area contributed by atoms with Crippen LogP contribution in [0.4, 0.5) is 0 Å². The molecule has 0 saturated heterocycles. The number of benzene rings is 1. The molecule has 3 rings (SSSR count). The van der Waals surface area contributed by atoms with Crippen molar-refractivity contribution in [2.75, 3.05) is 0 Å². The maximum atomic E-state index is 11.3. The predicted molar refractivity (Wildman–Crippen MR) is 77.8 cm³/mol. The van der Waals surface area contributed by atoms with Crippen molar-refractivity contribution in [1.29, 1.82) is 0 Å². The van der Waals surface area contributed by atoms with Gasteiger partial charge >= 0.3 is 5.97 Å². The SMILES string of the molecule is Cc1ccc(C(=O)O)c(Oc2cccc3cccnc23)n1. The second kappa shape index (κ2) is 5.20. The van der Waals surface area contributed by atoms with Crippen LogP contribution in [-0.2, 0) is 0 Å². The van der Waals surface area contributed by atoms with Crippen LogP contribution < -0.4 is 4.74 Å². The lowest BCUT2D eigenvalue weighted by Crippen LogP contribution is -2.03. The molecule has 0 aliphatic rings. The number of ether oxygens (including phenoxy) is 1. The molecule has 0 amide bonds. The highest BCUT2D eigenvalue weighted by Crippen LogP contribution is 2.29. The largest absolute Gasteiger partial charge is 0.477 e. The molecule has 0 bridgehead atoms. The summed E-state index contributed by atoms with van der Waals surface area (Å²) in [4.78, 5) is 19.7. The van der Waals surface area contributed by atoms with Crippen molar-refractivity contribution >= 4 is 16.9 Å². The number of aryl methyl sites for hydroxylation is 1. The molecule has 1 aromatic carbocycles.